The normalized spacial score (nSPS) is 15.2. The van der Waals surface area contributed by atoms with E-state index >= 15 is 0 Å². The van der Waals surface area contributed by atoms with Gasteiger partial charge in [0.25, 0.3) is 0 Å². The maximum Gasteiger partial charge on any atom is 0.0624 e. The van der Waals surface area contributed by atoms with E-state index in [4.69, 9.17) is 5.73 Å². The third-order valence-electron chi connectivity index (χ3n) is 4.02. The van der Waals surface area contributed by atoms with E-state index in [9.17, 15) is 0 Å². The van der Waals surface area contributed by atoms with Crippen LogP contribution < -0.4 is 5.73 Å². The summed E-state index contributed by atoms with van der Waals surface area (Å²) in [6.07, 6.45) is 2.02. The number of aromatic nitrogens is 2. The summed E-state index contributed by atoms with van der Waals surface area (Å²) in [4.78, 5) is 0. The van der Waals surface area contributed by atoms with Crippen LogP contribution in [0.25, 0.3) is 0 Å². The Balaban J connectivity index is 2.96. The highest BCUT2D eigenvalue weighted by Crippen LogP contribution is 2.30. The molecular weight excluding hydrogens is 210 g/mol. The van der Waals surface area contributed by atoms with E-state index < -0.39 is 0 Å². The molecule has 3 nitrogen and oxygen atoms in total. The first-order valence-corrected chi connectivity index (χ1v) is 6.72. The third kappa shape index (κ3) is 3.09. The fraction of sp³-hybridized carbons (Fsp3) is 0.786. The number of nitrogens with two attached hydrogens (primary N) is 1. The van der Waals surface area contributed by atoms with Crippen molar-refractivity contribution < 1.29 is 0 Å². The van der Waals surface area contributed by atoms with Crippen LogP contribution in [0.4, 0.5) is 0 Å². The Labute approximate surface area is 105 Å². The van der Waals surface area contributed by atoms with Crippen LogP contribution in [0.3, 0.4) is 0 Å². The quantitative estimate of drug-likeness (QED) is 0.826. The minimum absolute atomic E-state index is 0.165. The van der Waals surface area contributed by atoms with E-state index in [0.717, 1.165) is 25.9 Å². The van der Waals surface area contributed by atoms with E-state index in [-0.39, 0.29) is 5.41 Å². The van der Waals surface area contributed by atoms with Crippen molar-refractivity contribution in [2.75, 3.05) is 6.54 Å². The molecule has 0 aliphatic carbocycles. The smallest absolute Gasteiger partial charge is 0.0624 e. The maximum atomic E-state index is 5.96. The molecule has 0 saturated carbocycles. The number of rotatable bonds is 6. The summed E-state index contributed by atoms with van der Waals surface area (Å²) in [5.74, 6) is 0.581. The van der Waals surface area contributed by atoms with Gasteiger partial charge in [-0.15, -0.1) is 0 Å². The van der Waals surface area contributed by atoms with Crippen molar-refractivity contribution in [2.45, 2.75) is 54.0 Å². The molecule has 0 bridgehead atoms. The molecule has 98 valence electrons. The molecule has 0 aliphatic heterocycles. The fourth-order valence-electron chi connectivity index (χ4n) is 2.03. The summed E-state index contributed by atoms with van der Waals surface area (Å²) in [7, 11) is 0. The minimum atomic E-state index is 0.165. The van der Waals surface area contributed by atoms with E-state index in [0.29, 0.717) is 5.92 Å². The largest absolute Gasteiger partial charge is 0.330 e. The van der Waals surface area contributed by atoms with Gasteiger partial charge >= 0.3 is 0 Å². The molecule has 1 aromatic heterocycles. The van der Waals surface area contributed by atoms with E-state index in [1.54, 1.807) is 0 Å². The average Bonchev–Trinajstić information content (AvgIpc) is 2.70. The van der Waals surface area contributed by atoms with Gasteiger partial charge in [-0.3, -0.25) is 4.68 Å². The van der Waals surface area contributed by atoms with Crippen LogP contribution in [0.2, 0.25) is 0 Å². The molecule has 3 heteroatoms. The zero-order valence-electron chi connectivity index (χ0n) is 12.0. The highest BCUT2D eigenvalue weighted by atomic mass is 15.3. The molecular formula is C14H27N3. The summed E-state index contributed by atoms with van der Waals surface area (Å²) in [6, 6.07) is 2.24. The first kappa shape index (κ1) is 14.2. The van der Waals surface area contributed by atoms with Gasteiger partial charge < -0.3 is 5.73 Å². The van der Waals surface area contributed by atoms with Crippen LogP contribution in [0.1, 0.15) is 46.0 Å². The minimum Gasteiger partial charge on any atom is -0.330 e. The van der Waals surface area contributed by atoms with Gasteiger partial charge in [0.15, 0.2) is 0 Å². The molecule has 2 N–H and O–H groups in total. The van der Waals surface area contributed by atoms with Crippen molar-refractivity contribution in [2.24, 2.45) is 17.1 Å². The van der Waals surface area contributed by atoms with Crippen LogP contribution in [0.15, 0.2) is 6.07 Å². The third-order valence-corrected chi connectivity index (χ3v) is 4.02. The van der Waals surface area contributed by atoms with Gasteiger partial charge in [0.1, 0.15) is 0 Å². The number of nitrogens with zero attached hydrogens (tertiary/aromatic N) is 2. The van der Waals surface area contributed by atoms with Gasteiger partial charge in [-0.05, 0) is 43.7 Å². The first-order valence-electron chi connectivity index (χ1n) is 6.72. The summed E-state index contributed by atoms with van der Waals surface area (Å²) >= 11 is 0. The number of aryl methyl sites for hydroxylation is 2. The Bertz CT molecular complexity index is 354. The number of hydrogen-bond acceptors (Lipinski definition) is 2. The van der Waals surface area contributed by atoms with Gasteiger partial charge in [-0.1, -0.05) is 27.7 Å². The van der Waals surface area contributed by atoms with Crippen molar-refractivity contribution in [3.63, 3.8) is 0 Å². The molecule has 0 spiro atoms. The SMILES string of the molecule is CCc1cc(CC(C)(CN)C(C)C)n(CC)n1. The second kappa shape index (κ2) is 5.67. The first-order chi connectivity index (χ1) is 7.96. The fourth-order valence-corrected chi connectivity index (χ4v) is 2.03. The van der Waals surface area contributed by atoms with Crippen molar-refractivity contribution in [3.8, 4) is 0 Å². The summed E-state index contributed by atoms with van der Waals surface area (Å²) in [5, 5.41) is 4.60. The average molecular weight is 237 g/mol. The summed E-state index contributed by atoms with van der Waals surface area (Å²) in [6.45, 7) is 12.7. The van der Waals surface area contributed by atoms with Gasteiger partial charge in [0.2, 0.25) is 0 Å². The van der Waals surface area contributed by atoms with E-state index in [1.807, 2.05) is 0 Å². The summed E-state index contributed by atoms with van der Waals surface area (Å²) < 4.78 is 2.12. The molecule has 1 aromatic rings. The molecule has 0 aromatic carbocycles. The van der Waals surface area contributed by atoms with Crippen molar-refractivity contribution >= 4 is 0 Å². The monoisotopic (exact) mass is 237 g/mol. The Morgan fingerprint density at radius 3 is 2.47 bits per heavy atom. The molecule has 1 unspecified atom stereocenters. The van der Waals surface area contributed by atoms with Crippen LogP contribution in [-0.4, -0.2) is 16.3 Å². The lowest BCUT2D eigenvalue weighted by Gasteiger charge is -2.32. The summed E-state index contributed by atoms with van der Waals surface area (Å²) in [5.41, 5.74) is 8.63. The van der Waals surface area contributed by atoms with Crippen molar-refractivity contribution in [1.82, 2.24) is 9.78 Å². The second-order valence-corrected chi connectivity index (χ2v) is 5.49. The predicted molar refractivity (Wildman–Crippen MR) is 73.0 cm³/mol. The van der Waals surface area contributed by atoms with Gasteiger partial charge in [0.05, 0.1) is 5.69 Å². The standard InChI is InChI=1S/C14H27N3/c1-6-12-8-13(17(7-2)16-12)9-14(5,10-15)11(3)4/h8,11H,6-7,9-10,15H2,1-5H3. The molecule has 0 fully saturated rings. The molecule has 1 rings (SSSR count). The second-order valence-electron chi connectivity index (χ2n) is 5.49. The van der Waals surface area contributed by atoms with E-state index in [1.165, 1.54) is 11.4 Å². The van der Waals surface area contributed by atoms with Crippen LogP contribution in [0.5, 0.6) is 0 Å². The molecule has 17 heavy (non-hydrogen) atoms. The van der Waals surface area contributed by atoms with Gasteiger partial charge in [-0.2, -0.15) is 5.10 Å². The molecule has 1 heterocycles. The zero-order valence-corrected chi connectivity index (χ0v) is 12.0. The predicted octanol–water partition coefficient (Wildman–Crippen LogP) is 2.63. The Morgan fingerprint density at radius 2 is 2.06 bits per heavy atom. The maximum absolute atomic E-state index is 5.96. The molecule has 0 saturated heterocycles. The molecule has 0 amide bonds. The van der Waals surface area contributed by atoms with Crippen LogP contribution in [0, 0.1) is 11.3 Å². The molecule has 0 radical (unpaired) electrons. The Kier molecular flexibility index (Phi) is 4.75. The number of hydrogen-bond donors (Lipinski definition) is 1. The Hall–Kier alpha value is -0.830. The lowest BCUT2D eigenvalue weighted by Crippen LogP contribution is -2.35. The van der Waals surface area contributed by atoms with Crippen molar-refractivity contribution in [3.05, 3.63) is 17.5 Å². The van der Waals surface area contributed by atoms with E-state index in [2.05, 4.69) is 50.5 Å². The Morgan fingerprint density at radius 1 is 1.41 bits per heavy atom. The lowest BCUT2D eigenvalue weighted by molar-refractivity contribution is 0.222. The molecule has 1 atom stereocenters. The topological polar surface area (TPSA) is 43.8 Å². The van der Waals surface area contributed by atoms with Gasteiger partial charge in [-0.25, -0.2) is 0 Å². The molecule has 0 aliphatic rings. The van der Waals surface area contributed by atoms with Crippen molar-refractivity contribution in [1.29, 1.82) is 0 Å². The highest BCUT2D eigenvalue weighted by Gasteiger charge is 2.28. The zero-order chi connectivity index (χ0) is 13.1. The highest BCUT2D eigenvalue weighted by molar-refractivity contribution is 5.13. The lowest BCUT2D eigenvalue weighted by atomic mass is 9.75. The van der Waals surface area contributed by atoms with Crippen LogP contribution in [-0.2, 0) is 19.4 Å². The van der Waals surface area contributed by atoms with Gasteiger partial charge in [0, 0.05) is 12.2 Å². The van der Waals surface area contributed by atoms with Crippen LogP contribution >= 0.6 is 0 Å².